The molecular formula is C15H20N2O2. The van der Waals surface area contributed by atoms with E-state index < -0.39 is 0 Å². The van der Waals surface area contributed by atoms with Crippen LogP contribution in [0.1, 0.15) is 30.8 Å². The number of ether oxygens (including phenoxy) is 1. The van der Waals surface area contributed by atoms with Crippen molar-refractivity contribution >= 4 is 16.8 Å². The van der Waals surface area contributed by atoms with Crippen molar-refractivity contribution in [1.29, 1.82) is 0 Å². The van der Waals surface area contributed by atoms with Crippen molar-refractivity contribution in [3.05, 3.63) is 30.0 Å². The largest absolute Gasteiger partial charge is 0.494 e. The molecule has 0 atom stereocenters. The fourth-order valence-corrected chi connectivity index (χ4v) is 2.13. The highest BCUT2D eigenvalue weighted by molar-refractivity contribution is 5.99. The Hall–Kier alpha value is -1.97. The molecule has 2 aromatic rings. The molecule has 0 bridgehead atoms. The molecule has 1 N–H and O–H groups in total. The average molecular weight is 260 g/mol. The van der Waals surface area contributed by atoms with Crippen LogP contribution in [0.2, 0.25) is 0 Å². The molecular weight excluding hydrogens is 240 g/mol. The minimum atomic E-state index is -0.0292. The summed E-state index contributed by atoms with van der Waals surface area (Å²) in [5.41, 5.74) is 1.71. The molecule has 0 unspecified atom stereocenters. The van der Waals surface area contributed by atoms with Gasteiger partial charge in [-0.1, -0.05) is 6.92 Å². The first kappa shape index (κ1) is 13.5. The van der Waals surface area contributed by atoms with Gasteiger partial charge in [-0.05, 0) is 37.6 Å². The third-order valence-electron chi connectivity index (χ3n) is 3.09. The number of nitrogens with zero attached hydrogens (tertiary/aromatic N) is 1. The second-order valence-corrected chi connectivity index (χ2v) is 4.50. The van der Waals surface area contributed by atoms with Crippen molar-refractivity contribution < 1.29 is 9.53 Å². The van der Waals surface area contributed by atoms with Crippen LogP contribution in [0.5, 0.6) is 5.75 Å². The summed E-state index contributed by atoms with van der Waals surface area (Å²) in [7, 11) is 1.91. The van der Waals surface area contributed by atoms with E-state index in [0.29, 0.717) is 18.8 Å². The van der Waals surface area contributed by atoms with Crippen molar-refractivity contribution in [2.75, 3.05) is 13.2 Å². The average Bonchev–Trinajstić information content (AvgIpc) is 2.73. The predicted octanol–water partition coefficient (Wildman–Crippen LogP) is 2.72. The quantitative estimate of drug-likeness (QED) is 0.898. The molecule has 1 heterocycles. The van der Waals surface area contributed by atoms with E-state index in [9.17, 15) is 4.79 Å². The summed E-state index contributed by atoms with van der Waals surface area (Å²) in [6.45, 7) is 5.34. The van der Waals surface area contributed by atoms with Gasteiger partial charge >= 0.3 is 0 Å². The van der Waals surface area contributed by atoms with Gasteiger partial charge in [-0.25, -0.2) is 0 Å². The smallest absolute Gasteiger partial charge is 0.267 e. The highest BCUT2D eigenvalue weighted by Crippen LogP contribution is 2.24. The second kappa shape index (κ2) is 5.78. The van der Waals surface area contributed by atoms with Crippen LogP contribution in [0.4, 0.5) is 0 Å². The molecule has 19 heavy (non-hydrogen) atoms. The summed E-state index contributed by atoms with van der Waals surface area (Å²) in [6, 6.07) is 7.79. The number of benzene rings is 1. The second-order valence-electron chi connectivity index (χ2n) is 4.50. The lowest BCUT2D eigenvalue weighted by atomic mass is 10.2. The number of carbonyl (C=O) groups is 1. The summed E-state index contributed by atoms with van der Waals surface area (Å²) in [5.74, 6) is 0.805. The first-order chi connectivity index (χ1) is 9.17. The maximum atomic E-state index is 12.0. The zero-order chi connectivity index (χ0) is 13.8. The minimum absolute atomic E-state index is 0.0292. The summed E-state index contributed by atoms with van der Waals surface area (Å²) in [6.07, 6.45) is 0.935. The van der Waals surface area contributed by atoms with Crippen LogP contribution in [0.25, 0.3) is 10.9 Å². The molecule has 1 aromatic carbocycles. The minimum Gasteiger partial charge on any atom is -0.494 e. The molecule has 0 radical (unpaired) electrons. The number of amides is 1. The SMILES string of the molecule is CCCNC(=O)c1cc2cc(OCC)ccc2n1C. The molecule has 0 saturated carbocycles. The van der Waals surface area contributed by atoms with Gasteiger partial charge in [-0.15, -0.1) is 0 Å². The lowest BCUT2D eigenvalue weighted by Gasteiger charge is -2.05. The Morgan fingerprint density at radius 1 is 1.32 bits per heavy atom. The van der Waals surface area contributed by atoms with Gasteiger partial charge in [0.05, 0.1) is 6.61 Å². The van der Waals surface area contributed by atoms with Gasteiger partial charge in [0.15, 0.2) is 0 Å². The van der Waals surface area contributed by atoms with E-state index in [4.69, 9.17) is 4.74 Å². The Morgan fingerprint density at radius 3 is 2.79 bits per heavy atom. The van der Waals surface area contributed by atoms with Crippen molar-refractivity contribution in [2.45, 2.75) is 20.3 Å². The van der Waals surface area contributed by atoms with Gasteiger partial charge in [0.1, 0.15) is 11.4 Å². The fraction of sp³-hybridized carbons (Fsp3) is 0.400. The van der Waals surface area contributed by atoms with Gasteiger partial charge in [0.2, 0.25) is 0 Å². The maximum absolute atomic E-state index is 12.0. The third kappa shape index (κ3) is 2.72. The van der Waals surface area contributed by atoms with Gasteiger partial charge < -0.3 is 14.6 Å². The first-order valence-electron chi connectivity index (χ1n) is 6.67. The Kier molecular flexibility index (Phi) is 4.10. The third-order valence-corrected chi connectivity index (χ3v) is 3.09. The standard InChI is InChI=1S/C15H20N2O2/c1-4-8-16-15(18)14-10-11-9-12(19-5-2)6-7-13(11)17(14)3/h6-7,9-10H,4-5,8H2,1-3H3,(H,16,18). The summed E-state index contributed by atoms with van der Waals surface area (Å²) in [4.78, 5) is 12.0. The normalized spacial score (nSPS) is 10.7. The maximum Gasteiger partial charge on any atom is 0.267 e. The molecule has 4 nitrogen and oxygen atoms in total. The molecule has 0 aliphatic heterocycles. The Balaban J connectivity index is 2.35. The number of fused-ring (bicyclic) bond motifs is 1. The number of hydrogen-bond acceptors (Lipinski definition) is 2. The van der Waals surface area contributed by atoms with Crippen molar-refractivity contribution in [3.63, 3.8) is 0 Å². The first-order valence-corrected chi connectivity index (χ1v) is 6.67. The zero-order valence-corrected chi connectivity index (χ0v) is 11.7. The van der Waals surface area contributed by atoms with E-state index in [1.54, 1.807) is 0 Å². The molecule has 4 heteroatoms. The molecule has 2 rings (SSSR count). The van der Waals surface area contributed by atoms with Crippen LogP contribution in [0.15, 0.2) is 24.3 Å². The topological polar surface area (TPSA) is 43.3 Å². The molecule has 0 aliphatic rings. The van der Waals surface area contributed by atoms with Crippen molar-refractivity contribution in [2.24, 2.45) is 7.05 Å². The molecule has 0 saturated heterocycles. The number of nitrogens with one attached hydrogen (secondary N) is 1. The van der Waals surface area contributed by atoms with Gasteiger partial charge in [0.25, 0.3) is 5.91 Å². The van der Waals surface area contributed by atoms with Crippen LogP contribution in [0.3, 0.4) is 0 Å². The molecule has 0 fully saturated rings. The van der Waals surface area contributed by atoms with E-state index in [1.807, 2.05) is 49.7 Å². The van der Waals surface area contributed by atoms with Crippen molar-refractivity contribution in [1.82, 2.24) is 9.88 Å². The van der Waals surface area contributed by atoms with Crippen molar-refractivity contribution in [3.8, 4) is 5.75 Å². The molecule has 0 spiro atoms. The van der Waals surface area contributed by atoms with E-state index in [2.05, 4.69) is 5.32 Å². The molecule has 1 amide bonds. The van der Waals surface area contributed by atoms with Gasteiger partial charge in [-0.3, -0.25) is 4.79 Å². The van der Waals surface area contributed by atoms with Gasteiger partial charge in [0, 0.05) is 24.5 Å². The molecule has 102 valence electrons. The van der Waals surface area contributed by atoms with Crippen LogP contribution in [-0.2, 0) is 7.05 Å². The number of rotatable bonds is 5. The van der Waals surface area contributed by atoms with Gasteiger partial charge in [-0.2, -0.15) is 0 Å². The highest BCUT2D eigenvalue weighted by atomic mass is 16.5. The molecule has 0 aliphatic carbocycles. The van der Waals surface area contributed by atoms with E-state index in [0.717, 1.165) is 23.1 Å². The van der Waals surface area contributed by atoms with Crippen LogP contribution in [0, 0.1) is 0 Å². The van der Waals surface area contributed by atoms with E-state index >= 15 is 0 Å². The van der Waals surface area contributed by atoms with Crippen LogP contribution < -0.4 is 10.1 Å². The summed E-state index contributed by atoms with van der Waals surface area (Å²) in [5, 5.41) is 3.92. The summed E-state index contributed by atoms with van der Waals surface area (Å²) < 4.78 is 7.39. The van der Waals surface area contributed by atoms with E-state index in [-0.39, 0.29) is 5.91 Å². The number of carbonyl (C=O) groups excluding carboxylic acids is 1. The number of aromatic nitrogens is 1. The Bertz CT molecular complexity index is 587. The monoisotopic (exact) mass is 260 g/mol. The Morgan fingerprint density at radius 2 is 2.11 bits per heavy atom. The number of hydrogen-bond donors (Lipinski definition) is 1. The number of aryl methyl sites for hydroxylation is 1. The Labute approximate surface area is 113 Å². The van der Waals surface area contributed by atoms with Crippen LogP contribution >= 0.6 is 0 Å². The lowest BCUT2D eigenvalue weighted by Crippen LogP contribution is -2.25. The molecule has 1 aromatic heterocycles. The fourth-order valence-electron chi connectivity index (χ4n) is 2.13. The lowest BCUT2D eigenvalue weighted by molar-refractivity contribution is 0.0946. The highest BCUT2D eigenvalue weighted by Gasteiger charge is 2.13. The zero-order valence-electron chi connectivity index (χ0n) is 11.7. The predicted molar refractivity (Wildman–Crippen MR) is 76.7 cm³/mol. The summed E-state index contributed by atoms with van der Waals surface area (Å²) >= 11 is 0. The van der Waals surface area contributed by atoms with E-state index in [1.165, 1.54) is 0 Å². The van der Waals surface area contributed by atoms with Crippen LogP contribution in [-0.4, -0.2) is 23.6 Å².